The van der Waals surface area contributed by atoms with Gasteiger partial charge in [-0.1, -0.05) is 42.5 Å². The van der Waals surface area contributed by atoms with Gasteiger partial charge in [0.2, 0.25) is 0 Å². The number of benzene rings is 2. The Morgan fingerprint density at radius 1 is 1.04 bits per heavy atom. The van der Waals surface area contributed by atoms with Crippen molar-refractivity contribution in [3.8, 4) is 0 Å². The highest BCUT2D eigenvalue weighted by molar-refractivity contribution is 5.18. The summed E-state index contributed by atoms with van der Waals surface area (Å²) in [5, 5.41) is 10.3. The first-order valence-electron chi connectivity index (χ1n) is 8.98. The fraction of sp³-hybridized carbons (Fsp3) is 0.429. The zero-order valence-electron chi connectivity index (χ0n) is 14.5. The number of nitrogens with zero attached hydrogens (tertiary/aromatic N) is 1. The number of hydrogen-bond donors (Lipinski definition) is 1. The quantitative estimate of drug-likeness (QED) is 0.830. The van der Waals surface area contributed by atoms with Gasteiger partial charge in [-0.05, 0) is 55.1 Å². The average molecular weight is 343 g/mol. The molecule has 0 saturated carbocycles. The Morgan fingerprint density at radius 3 is 2.40 bits per heavy atom. The number of likely N-dealkylation sites (tertiary alicyclic amines) is 1. The second kappa shape index (κ2) is 9.09. The van der Waals surface area contributed by atoms with Gasteiger partial charge in [-0.25, -0.2) is 4.39 Å². The monoisotopic (exact) mass is 343 g/mol. The molecule has 1 fully saturated rings. The molecule has 0 aromatic heterocycles. The van der Waals surface area contributed by atoms with E-state index in [-0.39, 0.29) is 5.82 Å². The van der Waals surface area contributed by atoms with E-state index in [0.29, 0.717) is 19.1 Å². The summed E-state index contributed by atoms with van der Waals surface area (Å²) >= 11 is 0. The Balaban J connectivity index is 1.36. The molecular weight excluding hydrogens is 317 g/mol. The molecule has 2 aromatic rings. The summed E-state index contributed by atoms with van der Waals surface area (Å²) in [5.74, 6) is 0.315. The van der Waals surface area contributed by atoms with E-state index in [4.69, 9.17) is 4.74 Å². The molecule has 0 amide bonds. The highest BCUT2D eigenvalue weighted by Gasteiger charge is 2.21. The predicted molar refractivity (Wildman–Crippen MR) is 96.6 cm³/mol. The van der Waals surface area contributed by atoms with Gasteiger partial charge in [0, 0.05) is 13.2 Å². The molecule has 1 aliphatic heterocycles. The van der Waals surface area contributed by atoms with Crippen LogP contribution in [0.25, 0.3) is 0 Å². The molecule has 3 nitrogen and oxygen atoms in total. The first-order valence-corrected chi connectivity index (χ1v) is 8.98. The molecule has 0 aliphatic carbocycles. The van der Waals surface area contributed by atoms with Crippen molar-refractivity contribution in [3.05, 3.63) is 71.5 Å². The van der Waals surface area contributed by atoms with Crippen molar-refractivity contribution in [3.63, 3.8) is 0 Å². The lowest BCUT2D eigenvalue weighted by atomic mass is 9.97. The van der Waals surface area contributed by atoms with Crippen molar-refractivity contribution in [2.75, 3.05) is 26.2 Å². The average Bonchev–Trinajstić information content (AvgIpc) is 2.64. The SMILES string of the molecule is OC(CN1CCC(COCc2ccccc2)CC1)c1ccc(F)cc1. The van der Waals surface area contributed by atoms with Crippen molar-refractivity contribution in [2.24, 2.45) is 5.92 Å². The molecule has 1 aliphatic rings. The second-order valence-corrected chi connectivity index (χ2v) is 6.81. The minimum absolute atomic E-state index is 0.271. The molecule has 0 spiro atoms. The topological polar surface area (TPSA) is 32.7 Å². The number of β-amino-alcohol motifs (C(OH)–C–C–N with tert-alkyl or cyclic N) is 1. The molecule has 134 valence electrons. The summed E-state index contributed by atoms with van der Waals surface area (Å²) in [6.07, 6.45) is 1.61. The summed E-state index contributed by atoms with van der Waals surface area (Å²) in [7, 11) is 0. The van der Waals surface area contributed by atoms with Crippen molar-refractivity contribution >= 4 is 0 Å². The summed E-state index contributed by atoms with van der Waals surface area (Å²) in [4.78, 5) is 2.28. The molecule has 1 N–H and O–H groups in total. The standard InChI is InChI=1S/C21H26FNO2/c22-20-8-6-19(7-9-20)21(24)14-23-12-10-18(11-13-23)16-25-15-17-4-2-1-3-5-17/h1-9,18,21,24H,10-16H2. The highest BCUT2D eigenvalue weighted by atomic mass is 19.1. The maximum Gasteiger partial charge on any atom is 0.123 e. The smallest absolute Gasteiger partial charge is 0.123 e. The first-order chi connectivity index (χ1) is 12.2. The van der Waals surface area contributed by atoms with Crippen LogP contribution in [0.5, 0.6) is 0 Å². The van der Waals surface area contributed by atoms with Crippen LogP contribution in [-0.2, 0) is 11.3 Å². The molecule has 3 rings (SSSR count). The zero-order valence-corrected chi connectivity index (χ0v) is 14.5. The third-order valence-electron chi connectivity index (χ3n) is 4.86. The van der Waals surface area contributed by atoms with Gasteiger partial charge < -0.3 is 14.7 Å². The van der Waals surface area contributed by atoms with Gasteiger partial charge >= 0.3 is 0 Å². The molecule has 4 heteroatoms. The number of halogens is 1. The van der Waals surface area contributed by atoms with Crippen LogP contribution in [0.2, 0.25) is 0 Å². The van der Waals surface area contributed by atoms with Crippen LogP contribution in [0.4, 0.5) is 4.39 Å². The maximum absolute atomic E-state index is 13.0. The number of hydrogen-bond acceptors (Lipinski definition) is 3. The first kappa shape index (κ1) is 18.1. The van der Waals surface area contributed by atoms with Crippen molar-refractivity contribution in [1.82, 2.24) is 4.90 Å². The van der Waals surface area contributed by atoms with Crippen LogP contribution in [0, 0.1) is 11.7 Å². The van der Waals surface area contributed by atoms with Crippen LogP contribution < -0.4 is 0 Å². The van der Waals surface area contributed by atoms with Crippen molar-refractivity contribution in [1.29, 1.82) is 0 Å². The Morgan fingerprint density at radius 2 is 1.72 bits per heavy atom. The van der Waals surface area contributed by atoms with Gasteiger partial charge in [0.05, 0.1) is 12.7 Å². The van der Waals surface area contributed by atoms with E-state index in [0.717, 1.165) is 38.1 Å². The third kappa shape index (κ3) is 5.63. The molecule has 1 atom stereocenters. The van der Waals surface area contributed by atoms with E-state index in [1.807, 2.05) is 18.2 Å². The highest BCUT2D eigenvalue weighted by Crippen LogP contribution is 2.21. The number of aliphatic hydroxyl groups excluding tert-OH is 1. The number of ether oxygens (including phenoxy) is 1. The van der Waals surface area contributed by atoms with Gasteiger partial charge in [-0.15, -0.1) is 0 Å². The molecule has 0 bridgehead atoms. The summed E-state index contributed by atoms with van der Waals surface area (Å²) in [6.45, 7) is 4.01. The summed E-state index contributed by atoms with van der Waals surface area (Å²) in [6, 6.07) is 16.4. The van der Waals surface area contributed by atoms with Gasteiger partial charge in [0.25, 0.3) is 0 Å². The van der Waals surface area contributed by atoms with Crippen LogP contribution >= 0.6 is 0 Å². The van der Waals surface area contributed by atoms with E-state index in [1.54, 1.807) is 12.1 Å². The van der Waals surface area contributed by atoms with Gasteiger partial charge in [-0.3, -0.25) is 0 Å². The van der Waals surface area contributed by atoms with Crippen LogP contribution in [0.1, 0.15) is 30.1 Å². The third-order valence-corrected chi connectivity index (χ3v) is 4.86. The van der Waals surface area contributed by atoms with E-state index < -0.39 is 6.10 Å². The van der Waals surface area contributed by atoms with Crippen LogP contribution in [0.15, 0.2) is 54.6 Å². The molecule has 1 unspecified atom stereocenters. The summed E-state index contributed by atoms with van der Waals surface area (Å²) < 4.78 is 18.8. The Hall–Kier alpha value is -1.75. The number of piperidine rings is 1. The molecule has 2 aromatic carbocycles. The Labute approximate surface area is 149 Å². The fourth-order valence-electron chi connectivity index (χ4n) is 3.29. The number of aliphatic hydroxyl groups is 1. The molecule has 1 heterocycles. The zero-order chi connectivity index (χ0) is 17.5. The largest absolute Gasteiger partial charge is 0.387 e. The second-order valence-electron chi connectivity index (χ2n) is 6.81. The molecule has 0 radical (unpaired) electrons. The van der Waals surface area contributed by atoms with Crippen LogP contribution in [0.3, 0.4) is 0 Å². The summed E-state index contributed by atoms with van der Waals surface area (Å²) in [5.41, 5.74) is 1.98. The molecular formula is C21H26FNO2. The Kier molecular flexibility index (Phi) is 6.56. The van der Waals surface area contributed by atoms with Crippen LogP contribution in [-0.4, -0.2) is 36.2 Å². The van der Waals surface area contributed by atoms with Crippen molar-refractivity contribution in [2.45, 2.75) is 25.6 Å². The van der Waals surface area contributed by atoms with Gasteiger partial charge in [0.15, 0.2) is 0 Å². The van der Waals surface area contributed by atoms with E-state index in [9.17, 15) is 9.50 Å². The van der Waals surface area contributed by atoms with Gasteiger partial charge in [-0.2, -0.15) is 0 Å². The minimum atomic E-state index is -0.563. The minimum Gasteiger partial charge on any atom is -0.387 e. The lowest BCUT2D eigenvalue weighted by molar-refractivity contribution is 0.0430. The van der Waals surface area contributed by atoms with E-state index in [1.165, 1.54) is 17.7 Å². The molecule has 1 saturated heterocycles. The predicted octanol–water partition coefficient (Wildman–Crippen LogP) is 3.79. The fourth-order valence-corrected chi connectivity index (χ4v) is 3.29. The molecule has 25 heavy (non-hydrogen) atoms. The van der Waals surface area contributed by atoms with E-state index in [2.05, 4.69) is 17.0 Å². The van der Waals surface area contributed by atoms with E-state index >= 15 is 0 Å². The van der Waals surface area contributed by atoms with Gasteiger partial charge in [0.1, 0.15) is 5.82 Å². The number of rotatable bonds is 7. The lowest BCUT2D eigenvalue weighted by Crippen LogP contribution is -2.37. The Bertz CT molecular complexity index is 624. The van der Waals surface area contributed by atoms with Crippen molar-refractivity contribution < 1.29 is 14.2 Å². The maximum atomic E-state index is 13.0. The lowest BCUT2D eigenvalue weighted by Gasteiger charge is -2.33. The normalized spacial score (nSPS) is 17.5.